The van der Waals surface area contributed by atoms with Crippen LogP contribution in [-0.4, -0.2) is 23.4 Å². The average molecular weight is 260 g/mol. The molecule has 0 radical (unpaired) electrons. The number of hydrogen-bond acceptors (Lipinski definition) is 2. The molecule has 3 heteroatoms. The van der Waals surface area contributed by atoms with Gasteiger partial charge in [0.05, 0.1) is 0 Å². The van der Waals surface area contributed by atoms with Gasteiger partial charge in [-0.1, -0.05) is 37.1 Å². The van der Waals surface area contributed by atoms with Crippen molar-refractivity contribution in [1.82, 2.24) is 4.90 Å². The van der Waals surface area contributed by atoms with Crippen LogP contribution < -0.4 is 5.73 Å². The van der Waals surface area contributed by atoms with Gasteiger partial charge in [0.25, 0.3) is 0 Å². The Morgan fingerprint density at radius 1 is 1.32 bits per heavy atom. The molecule has 104 valence electrons. The highest BCUT2D eigenvalue weighted by Gasteiger charge is 2.26. The molecule has 0 unspecified atom stereocenters. The van der Waals surface area contributed by atoms with E-state index in [1.54, 1.807) is 0 Å². The maximum atomic E-state index is 12.3. The number of nitrogens with zero attached hydrogens (tertiary/aromatic N) is 1. The van der Waals surface area contributed by atoms with Crippen molar-refractivity contribution in [2.45, 2.75) is 51.6 Å². The first-order valence-electron chi connectivity index (χ1n) is 7.26. The maximum absolute atomic E-state index is 12.3. The van der Waals surface area contributed by atoms with Crippen LogP contribution >= 0.6 is 0 Å². The number of benzene rings is 1. The summed E-state index contributed by atoms with van der Waals surface area (Å²) in [4.78, 5) is 14.3. The fourth-order valence-corrected chi connectivity index (χ4v) is 2.87. The number of aryl methyl sites for hydroxylation is 1. The lowest BCUT2D eigenvalue weighted by Gasteiger charge is -2.29. The minimum Gasteiger partial charge on any atom is -0.335 e. The number of carbonyl (C=O) groups is 1. The molecular weight excluding hydrogens is 236 g/mol. The standard InChI is InChI=1S/C16H24N2O/c1-13-6-2-3-7-14(13)12-18(16(19)10-11-17)15-8-4-5-9-15/h2-3,6-7,15H,4-5,8-12,17H2,1H3. The largest absolute Gasteiger partial charge is 0.335 e. The molecule has 2 rings (SSSR count). The van der Waals surface area contributed by atoms with Gasteiger partial charge < -0.3 is 10.6 Å². The molecule has 1 fully saturated rings. The Morgan fingerprint density at radius 2 is 2.00 bits per heavy atom. The highest BCUT2D eigenvalue weighted by atomic mass is 16.2. The summed E-state index contributed by atoms with van der Waals surface area (Å²) in [7, 11) is 0. The van der Waals surface area contributed by atoms with Gasteiger partial charge >= 0.3 is 0 Å². The first-order valence-corrected chi connectivity index (χ1v) is 7.26. The van der Waals surface area contributed by atoms with Crippen LogP contribution in [0.2, 0.25) is 0 Å². The SMILES string of the molecule is Cc1ccccc1CN(C(=O)CCN)C1CCCC1. The third kappa shape index (κ3) is 3.57. The Hall–Kier alpha value is -1.35. The van der Waals surface area contributed by atoms with Gasteiger partial charge in [0.2, 0.25) is 5.91 Å². The topological polar surface area (TPSA) is 46.3 Å². The Bertz CT molecular complexity index is 425. The predicted octanol–water partition coefficient (Wildman–Crippen LogP) is 2.62. The van der Waals surface area contributed by atoms with Crippen LogP contribution in [0.5, 0.6) is 0 Å². The smallest absolute Gasteiger partial charge is 0.224 e. The summed E-state index contributed by atoms with van der Waals surface area (Å²) >= 11 is 0. The van der Waals surface area contributed by atoms with E-state index < -0.39 is 0 Å². The molecule has 0 heterocycles. The number of nitrogens with two attached hydrogens (primary N) is 1. The van der Waals surface area contributed by atoms with E-state index in [-0.39, 0.29) is 5.91 Å². The zero-order valence-corrected chi connectivity index (χ0v) is 11.8. The van der Waals surface area contributed by atoms with Gasteiger partial charge in [-0.05, 0) is 30.9 Å². The van der Waals surface area contributed by atoms with Crippen molar-refractivity contribution < 1.29 is 4.79 Å². The molecule has 1 aromatic carbocycles. The van der Waals surface area contributed by atoms with Crippen molar-refractivity contribution in [3.8, 4) is 0 Å². The van der Waals surface area contributed by atoms with E-state index in [0.29, 0.717) is 19.0 Å². The Labute approximate surface area is 115 Å². The van der Waals surface area contributed by atoms with Crippen molar-refractivity contribution in [2.75, 3.05) is 6.54 Å². The summed E-state index contributed by atoms with van der Waals surface area (Å²) in [6.45, 7) is 3.28. The molecule has 0 aromatic heterocycles. The van der Waals surface area contributed by atoms with E-state index in [1.165, 1.54) is 24.0 Å². The number of carbonyl (C=O) groups excluding carboxylic acids is 1. The van der Waals surface area contributed by atoms with Crippen LogP contribution in [-0.2, 0) is 11.3 Å². The van der Waals surface area contributed by atoms with Gasteiger partial charge in [-0.3, -0.25) is 4.79 Å². The van der Waals surface area contributed by atoms with E-state index in [0.717, 1.165) is 19.4 Å². The summed E-state index contributed by atoms with van der Waals surface area (Å²) in [5.41, 5.74) is 8.05. The number of rotatable bonds is 5. The zero-order valence-electron chi connectivity index (χ0n) is 11.8. The second kappa shape index (κ2) is 6.71. The molecule has 1 amide bonds. The summed E-state index contributed by atoms with van der Waals surface area (Å²) < 4.78 is 0. The Morgan fingerprint density at radius 3 is 2.63 bits per heavy atom. The minimum atomic E-state index is 0.206. The second-order valence-corrected chi connectivity index (χ2v) is 5.43. The summed E-state index contributed by atoms with van der Waals surface area (Å²) in [5, 5.41) is 0. The fraction of sp³-hybridized carbons (Fsp3) is 0.562. The first kappa shape index (κ1) is 14.1. The van der Waals surface area contributed by atoms with Crippen LogP contribution in [0.25, 0.3) is 0 Å². The molecule has 1 saturated carbocycles. The van der Waals surface area contributed by atoms with Gasteiger partial charge in [0.15, 0.2) is 0 Å². The van der Waals surface area contributed by atoms with Crippen LogP contribution in [0.15, 0.2) is 24.3 Å². The average Bonchev–Trinajstić information content (AvgIpc) is 2.91. The molecule has 0 atom stereocenters. The normalized spacial score (nSPS) is 15.7. The summed E-state index contributed by atoms with van der Waals surface area (Å²) in [6.07, 6.45) is 5.22. The third-order valence-electron chi connectivity index (χ3n) is 4.05. The minimum absolute atomic E-state index is 0.206. The van der Waals surface area contributed by atoms with E-state index >= 15 is 0 Å². The van der Waals surface area contributed by atoms with Gasteiger partial charge in [-0.15, -0.1) is 0 Å². The molecule has 0 saturated heterocycles. The maximum Gasteiger partial charge on any atom is 0.224 e. The Balaban J connectivity index is 2.13. The second-order valence-electron chi connectivity index (χ2n) is 5.43. The van der Waals surface area contributed by atoms with E-state index in [2.05, 4.69) is 24.0 Å². The Kier molecular flexibility index (Phi) is 4.97. The fourth-order valence-electron chi connectivity index (χ4n) is 2.87. The lowest BCUT2D eigenvalue weighted by molar-refractivity contribution is -0.133. The quantitative estimate of drug-likeness (QED) is 0.884. The first-order chi connectivity index (χ1) is 9.22. The van der Waals surface area contributed by atoms with Crippen molar-refractivity contribution in [3.63, 3.8) is 0 Å². The van der Waals surface area contributed by atoms with Gasteiger partial charge in [-0.2, -0.15) is 0 Å². The van der Waals surface area contributed by atoms with Crippen molar-refractivity contribution in [2.24, 2.45) is 5.73 Å². The molecule has 0 spiro atoms. The van der Waals surface area contributed by atoms with Crippen LogP contribution in [0.3, 0.4) is 0 Å². The molecule has 1 aromatic rings. The molecule has 2 N–H and O–H groups in total. The summed E-state index contributed by atoms with van der Waals surface area (Å²) in [6, 6.07) is 8.73. The number of amides is 1. The third-order valence-corrected chi connectivity index (χ3v) is 4.05. The lowest BCUT2D eigenvalue weighted by atomic mass is 10.1. The van der Waals surface area contributed by atoms with Crippen molar-refractivity contribution >= 4 is 5.91 Å². The molecule has 1 aliphatic rings. The molecule has 0 bridgehead atoms. The molecule has 3 nitrogen and oxygen atoms in total. The predicted molar refractivity (Wildman–Crippen MR) is 77.7 cm³/mol. The molecule has 1 aliphatic carbocycles. The molecular formula is C16H24N2O. The van der Waals surface area contributed by atoms with Crippen molar-refractivity contribution in [1.29, 1.82) is 0 Å². The van der Waals surface area contributed by atoms with Crippen molar-refractivity contribution in [3.05, 3.63) is 35.4 Å². The number of hydrogen-bond donors (Lipinski definition) is 1. The highest BCUT2D eigenvalue weighted by molar-refractivity contribution is 5.76. The van der Waals surface area contributed by atoms with Gasteiger partial charge in [-0.25, -0.2) is 0 Å². The van der Waals surface area contributed by atoms with Gasteiger partial charge in [0, 0.05) is 25.6 Å². The van der Waals surface area contributed by atoms with E-state index in [1.807, 2.05) is 12.1 Å². The van der Waals surface area contributed by atoms with E-state index in [9.17, 15) is 4.79 Å². The van der Waals surface area contributed by atoms with E-state index in [4.69, 9.17) is 5.73 Å². The molecule has 0 aliphatic heterocycles. The summed E-state index contributed by atoms with van der Waals surface area (Å²) in [5.74, 6) is 0.206. The van der Waals surface area contributed by atoms with Crippen LogP contribution in [0, 0.1) is 6.92 Å². The highest BCUT2D eigenvalue weighted by Crippen LogP contribution is 2.26. The van der Waals surface area contributed by atoms with Gasteiger partial charge in [0.1, 0.15) is 0 Å². The van der Waals surface area contributed by atoms with Crippen LogP contribution in [0.4, 0.5) is 0 Å². The molecule has 19 heavy (non-hydrogen) atoms. The lowest BCUT2D eigenvalue weighted by Crippen LogP contribution is -2.39. The van der Waals surface area contributed by atoms with Crippen LogP contribution in [0.1, 0.15) is 43.2 Å². The monoisotopic (exact) mass is 260 g/mol. The zero-order chi connectivity index (χ0) is 13.7.